The molecule has 9 nitrogen and oxygen atoms in total. The Balaban J connectivity index is 1.31. The predicted molar refractivity (Wildman–Crippen MR) is 175 cm³/mol. The molecule has 44 heavy (non-hydrogen) atoms. The zero-order valence-corrected chi connectivity index (χ0v) is 26.5. The lowest BCUT2D eigenvalue weighted by molar-refractivity contribution is 0.0699. The second-order valence-corrected chi connectivity index (χ2v) is 13.4. The van der Waals surface area contributed by atoms with Crippen LogP contribution >= 0.6 is 11.6 Å². The highest BCUT2D eigenvalue weighted by molar-refractivity contribution is 6.32. The number of pyridine rings is 1. The molecule has 0 amide bonds. The van der Waals surface area contributed by atoms with Crippen LogP contribution in [0.15, 0.2) is 54.9 Å². The minimum Gasteiger partial charge on any atom is -0.383 e. The maximum atomic E-state index is 9.94. The maximum absolute atomic E-state index is 9.94. The van der Waals surface area contributed by atoms with Crippen LogP contribution in [0.2, 0.25) is 5.02 Å². The molecule has 0 unspecified atom stereocenters. The van der Waals surface area contributed by atoms with Gasteiger partial charge in [0.25, 0.3) is 0 Å². The molecule has 2 N–H and O–H groups in total. The van der Waals surface area contributed by atoms with Crippen LogP contribution in [-0.2, 0) is 4.74 Å². The van der Waals surface area contributed by atoms with Crippen molar-refractivity contribution in [2.75, 3.05) is 43.5 Å². The second-order valence-electron chi connectivity index (χ2n) is 12.9. The number of hydrogen-bond acceptors (Lipinski definition) is 8. The van der Waals surface area contributed by atoms with Gasteiger partial charge in [0.15, 0.2) is 0 Å². The molecule has 2 aliphatic rings. The number of nitrogens with one attached hydrogen (secondary N) is 2. The SMILES string of the molecule is CC(C)(C)N1CCC(n2cc([C@@H](Nc3cc(Cl)cc4c(NCC5CCOCC5)c(C#N)cnc34)c3ccccc3)nn2)CC1. The number of anilines is 2. The molecule has 6 rings (SSSR count). The van der Waals surface area contributed by atoms with Crippen molar-refractivity contribution in [3.8, 4) is 6.07 Å². The molecule has 10 heteroatoms. The summed E-state index contributed by atoms with van der Waals surface area (Å²) in [6.07, 6.45) is 7.80. The molecular weight excluding hydrogens is 572 g/mol. The molecule has 0 spiro atoms. The molecule has 2 aliphatic heterocycles. The van der Waals surface area contributed by atoms with Gasteiger partial charge < -0.3 is 15.4 Å². The first-order chi connectivity index (χ1) is 21.3. The van der Waals surface area contributed by atoms with Crippen LogP contribution < -0.4 is 10.6 Å². The van der Waals surface area contributed by atoms with E-state index in [1.165, 1.54) is 0 Å². The lowest BCUT2D eigenvalue weighted by Crippen LogP contribution is -2.46. The van der Waals surface area contributed by atoms with Gasteiger partial charge in [-0.25, -0.2) is 4.68 Å². The van der Waals surface area contributed by atoms with Crippen molar-refractivity contribution < 1.29 is 4.74 Å². The van der Waals surface area contributed by atoms with E-state index in [4.69, 9.17) is 21.3 Å². The van der Waals surface area contributed by atoms with E-state index < -0.39 is 0 Å². The Hall–Kier alpha value is -3.71. The van der Waals surface area contributed by atoms with Gasteiger partial charge >= 0.3 is 0 Å². The van der Waals surface area contributed by atoms with Crippen molar-refractivity contribution >= 4 is 33.9 Å². The Labute approximate surface area is 264 Å². The summed E-state index contributed by atoms with van der Waals surface area (Å²) < 4.78 is 7.57. The van der Waals surface area contributed by atoms with E-state index in [0.29, 0.717) is 22.5 Å². The lowest BCUT2D eigenvalue weighted by atomic mass is 9.98. The number of hydrogen-bond donors (Lipinski definition) is 2. The van der Waals surface area contributed by atoms with Gasteiger partial charge in [0.2, 0.25) is 0 Å². The first kappa shape index (κ1) is 30.3. The van der Waals surface area contributed by atoms with Gasteiger partial charge in [0.05, 0.1) is 40.7 Å². The van der Waals surface area contributed by atoms with Crippen molar-refractivity contribution in [2.24, 2.45) is 5.92 Å². The maximum Gasteiger partial charge on any atom is 0.109 e. The van der Waals surface area contributed by atoms with Gasteiger partial charge in [0.1, 0.15) is 11.8 Å². The monoisotopic (exact) mass is 612 g/mol. The van der Waals surface area contributed by atoms with Gasteiger partial charge in [0, 0.05) is 55.0 Å². The van der Waals surface area contributed by atoms with Crippen LogP contribution in [0.5, 0.6) is 0 Å². The van der Waals surface area contributed by atoms with Crippen molar-refractivity contribution in [1.82, 2.24) is 24.9 Å². The van der Waals surface area contributed by atoms with Crippen molar-refractivity contribution in [2.45, 2.75) is 64.1 Å². The molecule has 1 atom stereocenters. The molecule has 0 radical (unpaired) electrons. The summed E-state index contributed by atoms with van der Waals surface area (Å²) in [7, 11) is 0. The van der Waals surface area contributed by atoms with Crippen molar-refractivity contribution in [3.63, 3.8) is 0 Å². The summed E-state index contributed by atoms with van der Waals surface area (Å²) >= 11 is 6.73. The van der Waals surface area contributed by atoms with Gasteiger partial charge in [-0.3, -0.25) is 9.88 Å². The average Bonchev–Trinajstić information content (AvgIpc) is 3.53. The fourth-order valence-corrected chi connectivity index (χ4v) is 6.60. The first-order valence-corrected chi connectivity index (χ1v) is 16.0. The Bertz CT molecular complexity index is 1610. The van der Waals surface area contributed by atoms with E-state index in [-0.39, 0.29) is 11.6 Å². The molecule has 0 bridgehead atoms. The van der Waals surface area contributed by atoms with Crippen LogP contribution in [-0.4, -0.2) is 63.3 Å². The quantitative estimate of drug-likeness (QED) is 0.223. The van der Waals surface area contributed by atoms with Crippen LogP contribution in [0.3, 0.4) is 0 Å². The fraction of sp³-hybridized carbons (Fsp3) is 0.471. The summed E-state index contributed by atoms with van der Waals surface area (Å²) in [6, 6.07) is 16.4. The number of nitriles is 1. The summed E-state index contributed by atoms with van der Waals surface area (Å²) in [5.41, 5.74) is 4.83. The summed E-state index contributed by atoms with van der Waals surface area (Å²) in [5.74, 6) is 0.487. The number of halogens is 1. The Morgan fingerprint density at radius 2 is 1.84 bits per heavy atom. The fourth-order valence-electron chi connectivity index (χ4n) is 6.38. The summed E-state index contributed by atoms with van der Waals surface area (Å²) in [6.45, 7) is 11.2. The number of fused-ring (bicyclic) bond motifs is 1. The smallest absolute Gasteiger partial charge is 0.109 e. The topological polar surface area (TPSA) is 104 Å². The van der Waals surface area contributed by atoms with Crippen LogP contribution in [0.4, 0.5) is 11.4 Å². The van der Waals surface area contributed by atoms with Gasteiger partial charge in [-0.1, -0.05) is 47.1 Å². The first-order valence-electron chi connectivity index (χ1n) is 15.6. The standard InChI is InChI=1S/C34H41ClN8O/c1-34(2,3)42-13-9-27(10-14-42)43-22-30(40-41-43)32(24-7-5-4-6-8-24)39-29-18-26(35)17-28-31(25(19-36)21-38-33(28)29)37-20-23-11-15-44-16-12-23/h4-8,17-18,21-23,27,32,39H,9-16,20H2,1-3H3,(H,37,38)/t32-/m0/s1. The number of piperidine rings is 1. The van der Waals surface area contributed by atoms with Gasteiger partial charge in [-0.15, -0.1) is 5.10 Å². The van der Waals surface area contributed by atoms with E-state index in [1.54, 1.807) is 6.20 Å². The number of likely N-dealkylation sites (tertiary alicyclic amines) is 1. The van der Waals surface area contributed by atoms with Crippen LogP contribution in [0.1, 0.15) is 75.4 Å². The van der Waals surface area contributed by atoms with Crippen molar-refractivity contribution in [3.05, 3.63) is 76.7 Å². The van der Waals surface area contributed by atoms with Gasteiger partial charge in [-0.2, -0.15) is 5.26 Å². The molecule has 2 fully saturated rings. The molecule has 0 saturated carbocycles. The summed E-state index contributed by atoms with van der Waals surface area (Å²) in [4.78, 5) is 7.28. The third-order valence-electron chi connectivity index (χ3n) is 9.01. The Kier molecular flexibility index (Phi) is 9.03. The average molecular weight is 613 g/mol. The largest absolute Gasteiger partial charge is 0.383 e. The molecule has 4 aromatic rings. The van der Waals surface area contributed by atoms with E-state index in [9.17, 15) is 5.26 Å². The van der Waals surface area contributed by atoms with E-state index >= 15 is 0 Å². The van der Waals surface area contributed by atoms with Crippen LogP contribution in [0, 0.1) is 17.2 Å². The van der Waals surface area contributed by atoms with E-state index in [1.807, 2.05) is 35.0 Å². The number of ether oxygens (including phenoxy) is 1. The van der Waals surface area contributed by atoms with Crippen LogP contribution in [0.25, 0.3) is 10.9 Å². The van der Waals surface area contributed by atoms with Gasteiger partial charge in [-0.05, 0) is 70.1 Å². The minimum atomic E-state index is -0.280. The molecule has 2 saturated heterocycles. The second kappa shape index (κ2) is 13.1. The number of rotatable bonds is 8. The Morgan fingerprint density at radius 1 is 1.09 bits per heavy atom. The molecule has 2 aromatic carbocycles. The minimum absolute atomic E-state index is 0.169. The Morgan fingerprint density at radius 3 is 2.55 bits per heavy atom. The highest BCUT2D eigenvalue weighted by atomic mass is 35.5. The number of benzene rings is 2. The summed E-state index contributed by atoms with van der Waals surface area (Å²) in [5, 5.41) is 27.9. The van der Waals surface area contributed by atoms with E-state index in [2.05, 4.69) is 71.0 Å². The van der Waals surface area contributed by atoms with Crippen molar-refractivity contribution in [1.29, 1.82) is 5.26 Å². The molecule has 2 aromatic heterocycles. The molecular formula is C34H41ClN8O. The lowest BCUT2D eigenvalue weighted by Gasteiger charge is -2.40. The predicted octanol–water partition coefficient (Wildman–Crippen LogP) is 6.83. The third-order valence-corrected chi connectivity index (χ3v) is 9.23. The number of aromatic nitrogens is 4. The highest BCUT2D eigenvalue weighted by Gasteiger charge is 2.29. The van der Waals surface area contributed by atoms with E-state index in [0.717, 1.165) is 92.1 Å². The third kappa shape index (κ3) is 6.68. The zero-order chi connectivity index (χ0) is 30.7. The zero-order valence-electron chi connectivity index (χ0n) is 25.8. The highest BCUT2D eigenvalue weighted by Crippen LogP contribution is 2.37. The number of nitrogens with zero attached hydrogens (tertiary/aromatic N) is 6. The molecule has 4 heterocycles. The normalized spacial score (nSPS) is 17.8. The molecule has 0 aliphatic carbocycles. The molecule has 230 valence electrons.